The number of anilines is 1. The van der Waals surface area contributed by atoms with E-state index < -0.39 is 16.1 Å². The van der Waals surface area contributed by atoms with Crippen molar-refractivity contribution in [1.29, 1.82) is 0 Å². The summed E-state index contributed by atoms with van der Waals surface area (Å²) in [4.78, 5) is 36.0. The van der Waals surface area contributed by atoms with E-state index in [-0.39, 0.29) is 41.7 Å². The second-order valence-corrected chi connectivity index (χ2v) is 10.8. The molecule has 0 spiro atoms. The van der Waals surface area contributed by atoms with Crippen LogP contribution < -0.4 is 16.0 Å². The molecule has 10 heteroatoms. The van der Waals surface area contributed by atoms with E-state index in [1.165, 1.54) is 30.3 Å². The van der Waals surface area contributed by atoms with Gasteiger partial charge in [0.2, 0.25) is 27.7 Å². The van der Waals surface area contributed by atoms with E-state index >= 15 is 0 Å². The average Bonchev–Trinajstić information content (AvgIpc) is 2.79. The maximum atomic E-state index is 13.0. The Hall–Kier alpha value is -3.24. The van der Waals surface area contributed by atoms with Crippen molar-refractivity contribution in [3.63, 3.8) is 0 Å². The molecule has 1 saturated heterocycles. The lowest BCUT2D eigenvalue weighted by atomic mass is 10.0. The maximum absolute atomic E-state index is 13.0. The molecule has 1 aliphatic rings. The maximum Gasteiger partial charge on any atom is 0.243 e. The molecule has 9 nitrogen and oxygen atoms in total. The standard InChI is InChI=1S/C25H32N4O5S/c1-17-5-4-6-20(15-17)16-24(27-19(3)31)25(32)28-22-11-13-29(14-12-22)35(33,34)23-9-7-21(8-10-23)26-18(2)30/h4-10,15,22,24H,11-14,16H2,1-3H3,(H,26,30)(H,27,31)(H,28,32)/t24-/m1/s1. The van der Waals surface area contributed by atoms with Crippen molar-refractivity contribution in [3.05, 3.63) is 59.7 Å². The van der Waals surface area contributed by atoms with E-state index in [0.29, 0.717) is 24.9 Å². The molecule has 3 amide bonds. The molecular weight excluding hydrogens is 468 g/mol. The van der Waals surface area contributed by atoms with Gasteiger partial charge >= 0.3 is 0 Å². The molecule has 0 aliphatic carbocycles. The highest BCUT2D eigenvalue weighted by Gasteiger charge is 2.31. The van der Waals surface area contributed by atoms with Gasteiger partial charge in [-0.3, -0.25) is 14.4 Å². The predicted octanol–water partition coefficient (Wildman–Crippen LogP) is 1.97. The zero-order chi connectivity index (χ0) is 25.6. The molecule has 0 radical (unpaired) electrons. The number of carbonyl (C=O) groups is 3. The van der Waals surface area contributed by atoms with Gasteiger partial charge in [-0.2, -0.15) is 4.31 Å². The molecule has 1 atom stereocenters. The van der Waals surface area contributed by atoms with Crippen LogP contribution in [0.2, 0.25) is 0 Å². The molecule has 3 N–H and O–H groups in total. The summed E-state index contributed by atoms with van der Waals surface area (Å²) >= 11 is 0. The monoisotopic (exact) mass is 500 g/mol. The van der Waals surface area contributed by atoms with Crippen LogP contribution in [0.3, 0.4) is 0 Å². The molecule has 0 aromatic heterocycles. The summed E-state index contributed by atoms with van der Waals surface area (Å²) in [5.74, 6) is -0.802. The van der Waals surface area contributed by atoms with Crippen LogP contribution in [-0.4, -0.2) is 55.6 Å². The third-order valence-corrected chi connectivity index (χ3v) is 7.74. The third kappa shape index (κ3) is 7.37. The van der Waals surface area contributed by atoms with Gasteiger partial charge in [-0.1, -0.05) is 29.8 Å². The number of carbonyl (C=O) groups excluding carboxylic acids is 3. The van der Waals surface area contributed by atoms with Crippen LogP contribution >= 0.6 is 0 Å². The molecule has 1 aliphatic heterocycles. The molecule has 188 valence electrons. The highest BCUT2D eigenvalue weighted by atomic mass is 32.2. The second kappa shape index (κ2) is 11.5. The normalized spacial score (nSPS) is 15.7. The first kappa shape index (κ1) is 26.4. The van der Waals surface area contributed by atoms with Crippen molar-refractivity contribution in [3.8, 4) is 0 Å². The Morgan fingerprint density at radius 1 is 1.00 bits per heavy atom. The van der Waals surface area contributed by atoms with Crippen molar-refractivity contribution in [2.45, 2.75) is 57.0 Å². The highest BCUT2D eigenvalue weighted by Crippen LogP contribution is 2.22. The first-order valence-corrected chi connectivity index (χ1v) is 13.0. The Morgan fingerprint density at radius 2 is 1.66 bits per heavy atom. The number of piperidine rings is 1. The van der Waals surface area contributed by atoms with Crippen LogP contribution in [0, 0.1) is 6.92 Å². The number of benzene rings is 2. The van der Waals surface area contributed by atoms with Crippen molar-refractivity contribution in [2.75, 3.05) is 18.4 Å². The molecule has 0 bridgehead atoms. The molecular formula is C25H32N4O5S. The number of sulfonamides is 1. The summed E-state index contributed by atoms with van der Waals surface area (Å²) in [6.45, 7) is 5.26. The topological polar surface area (TPSA) is 125 Å². The largest absolute Gasteiger partial charge is 0.351 e. The zero-order valence-electron chi connectivity index (χ0n) is 20.2. The SMILES string of the molecule is CC(=O)Nc1ccc(S(=O)(=O)N2CCC(NC(=O)[C@@H](Cc3cccc(C)c3)NC(C)=O)CC2)cc1. The Labute approximate surface area is 206 Å². The van der Waals surface area contributed by atoms with Crippen LogP contribution in [0.15, 0.2) is 53.4 Å². The fourth-order valence-electron chi connectivity index (χ4n) is 4.13. The number of aryl methyl sites for hydroxylation is 1. The van der Waals surface area contributed by atoms with E-state index in [1.807, 2.05) is 31.2 Å². The number of nitrogens with zero attached hydrogens (tertiary/aromatic N) is 1. The smallest absolute Gasteiger partial charge is 0.243 e. The summed E-state index contributed by atoms with van der Waals surface area (Å²) in [6.07, 6.45) is 1.30. The van der Waals surface area contributed by atoms with Gasteiger partial charge in [-0.05, 0) is 49.6 Å². The first-order valence-electron chi connectivity index (χ1n) is 11.6. The molecule has 2 aromatic rings. The minimum atomic E-state index is -3.69. The van der Waals surface area contributed by atoms with Crippen LogP contribution in [0.1, 0.15) is 37.8 Å². The molecule has 0 saturated carbocycles. The van der Waals surface area contributed by atoms with E-state index in [2.05, 4.69) is 16.0 Å². The minimum absolute atomic E-state index is 0.151. The number of nitrogens with one attached hydrogen (secondary N) is 3. The van der Waals surface area contributed by atoms with Crippen LogP contribution in [0.25, 0.3) is 0 Å². The first-order chi connectivity index (χ1) is 16.5. The lowest BCUT2D eigenvalue weighted by Crippen LogP contribution is -2.53. The minimum Gasteiger partial charge on any atom is -0.351 e. The molecule has 3 rings (SSSR count). The van der Waals surface area contributed by atoms with E-state index in [0.717, 1.165) is 11.1 Å². The van der Waals surface area contributed by atoms with Crippen molar-refractivity contribution in [1.82, 2.24) is 14.9 Å². The molecule has 1 fully saturated rings. The highest BCUT2D eigenvalue weighted by molar-refractivity contribution is 7.89. The zero-order valence-corrected chi connectivity index (χ0v) is 21.0. The Balaban J connectivity index is 1.59. The predicted molar refractivity (Wildman–Crippen MR) is 133 cm³/mol. The molecule has 0 unspecified atom stereocenters. The van der Waals surface area contributed by atoms with Gasteiger partial charge in [-0.15, -0.1) is 0 Å². The van der Waals surface area contributed by atoms with E-state index in [1.54, 1.807) is 12.1 Å². The molecule has 2 aromatic carbocycles. The van der Waals surface area contributed by atoms with Gasteiger partial charge in [0.05, 0.1) is 4.90 Å². The van der Waals surface area contributed by atoms with E-state index in [9.17, 15) is 22.8 Å². The van der Waals surface area contributed by atoms with Crippen LogP contribution in [-0.2, 0) is 30.8 Å². The summed E-state index contributed by atoms with van der Waals surface area (Å²) in [7, 11) is -3.69. The molecule has 1 heterocycles. The molecule has 35 heavy (non-hydrogen) atoms. The quantitative estimate of drug-likeness (QED) is 0.511. The van der Waals surface area contributed by atoms with Gasteiger partial charge < -0.3 is 16.0 Å². The van der Waals surface area contributed by atoms with E-state index in [4.69, 9.17) is 0 Å². The number of hydrogen-bond acceptors (Lipinski definition) is 5. The Kier molecular flexibility index (Phi) is 8.63. The summed E-state index contributed by atoms with van der Waals surface area (Å²) in [6, 6.07) is 12.9. The number of amides is 3. The van der Waals surface area contributed by atoms with Crippen molar-refractivity contribution >= 4 is 33.4 Å². The summed E-state index contributed by atoms with van der Waals surface area (Å²) < 4.78 is 27.4. The van der Waals surface area contributed by atoms with Gasteiger partial charge in [-0.25, -0.2) is 8.42 Å². The third-order valence-electron chi connectivity index (χ3n) is 5.83. The van der Waals surface area contributed by atoms with Crippen molar-refractivity contribution in [2.24, 2.45) is 0 Å². The number of rotatable bonds is 8. The van der Waals surface area contributed by atoms with Gasteiger partial charge in [0.25, 0.3) is 0 Å². The Bertz CT molecular complexity index is 1170. The summed E-state index contributed by atoms with van der Waals surface area (Å²) in [5.41, 5.74) is 2.55. The van der Waals surface area contributed by atoms with Crippen LogP contribution in [0.4, 0.5) is 5.69 Å². The fraction of sp³-hybridized carbons (Fsp3) is 0.400. The van der Waals surface area contributed by atoms with Gasteiger partial charge in [0.1, 0.15) is 6.04 Å². The lowest BCUT2D eigenvalue weighted by Gasteiger charge is -2.32. The number of hydrogen-bond donors (Lipinski definition) is 3. The Morgan fingerprint density at radius 3 is 2.23 bits per heavy atom. The average molecular weight is 501 g/mol. The fourth-order valence-corrected chi connectivity index (χ4v) is 5.60. The van der Waals surface area contributed by atoms with Crippen LogP contribution in [0.5, 0.6) is 0 Å². The van der Waals surface area contributed by atoms with Crippen molar-refractivity contribution < 1.29 is 22.8 Å². The van der Waals surface area contributed by atoms with Gasteiger partial charge in [0.15, 0.2) is 0 Å². The lowest BCUT2D eigenvalue weighted by molar-refractivity contribution is -0.128. The van der Waals surface area contributed by atoms with Gasteiger partial charge in [0, 0.05) is 45.1 Å². The second-order valence-electron chi connectivity index (χ2n) is 8.84. The summed E-state index contributed by atoms with van der Waals surface area (Å²) in [5, 5.41) is 8.32.